The molecule has 134 valence electrons. The molecule has 3 aromatic carbocycles. The lowest BCUT2D eigenvalue weighted by molar-refractivity contribution is 0.615. The van der Waals surface area contributed by atoms with E-state index in [-0.39, 0.29) is 5.82 Å². The molecule has 0 N–H and O–H groups in total. The molecular weight excluding hydrogens is 326 g/mol. The van der Waals surface area contributed by atoms with Crippen LogP contribution in [0, 0.1) is 11.6 Å². The Morgan fingerprint density at radius 1 is 0.577 bits per heavy atom. The van der Waals surface area contributed by atoms with Gasteiger partial charge in [-0.3, -0.25) is 0 Å². The minimum absolute atomic E-state index is 0.303. The number of halogens is 2. The van der Waals surface area contributed by atoms with Gasteiger partial charge in [0.15, 0.2) is 0 Å². The molecule has 0 aliphatic heterocycles. The molecule has 3 aromatic rings. The standard InChI is InChI=1S/C24H24F2/c1-3-5-17-7-10-19(11-8-17)20-12-14-22(24(26)16-20)21-13-9-18(6-4-2)15-23(21)25/h7-16H,3-6H2,1-2H3. The Morgan fingerprint density at radius 2 is 1.08 bits per heavy atom. The molecule has 0 aromatic heterocycles. The van der Waals surface area contributed by atoms with E-state index < -0.39 is 5.82 Å². The van der Waals surface area contributed by atoms with Crippen LogP contribution < -0.4 is 0 Å². The van der Waals surface area contributed by atoms with Crippen molar-refractivity contribution in [3.63, 3.8) is 0 Å². The van der Waals surface area contributed by atoms with Gasteiger partial charge >= 0.3 is 0 Å². The first-order valence-corrected chi connectivity index (χ1v) is 9.30. The Morgan fingerprint density at radius 3 is 1.65 bits per heavy atom. The van der Waals surface area contributed by atoms with Gasteiger partial charge in [-0.2, -0.15) is 0 Å². The van der Waals surface area contributed by atoms with Crippen LogP contribution in [-0.4, -0.2) is 0 Å². The molecule has 0 atom stereocenters. The summed E-state index contributed by atoms with van der Waals surface area (Å²) in [5, 5.41) is 0. The van der Waals surface area contributed by atoms with Gasteiger partial charge in [-0.25, -0.2) is 8.78 Å². The van der Waals surface area contributed by atoms with Crippen LogP contribution in [0.15, 0.2) is 60.7 Å². The molecular formula is C24H24F2. The Hall–Kier alpha value is -2.48. The summed E-state index contributed by atoms with van der Waals surface area (Å²) in [6.45, 7) is 4.20. The third-order valence-electron chi connectivity index (χ3n) is 4.66. The van der Waals surface area contributed by atoms with Crippen molar-refractivity contribution in [2.45, 2.75) is 39.5 Å². The van der Waals surface area contributed by atoms with E-state index >= 15 is 0 Å². The highest BCUT2D eigenvalue weighted by atomic mass is 19.1. The minimum atomic E-state index is -0.401. The van der Waals surface area contributed by atoms with Gasteiger partial charge in [-0.15, -0.1) is 0 Å². The molecule has 0 heterocycles. The highest BCUT2D eigenvalue weighted by Crippen LogP contribution is 2.30. The van der Waals surface area contributed by atoms with E-state index in [9.17, 15) is 8.78 Å². The van der Waals surface area contributed by atoms with E-state index in [4.69, 9.17) is 0 Å². The van der Waals surface area contributed by atoms with Crippen LogP contribution in [0.4, 0.5) is 8.78 Å². The second-order valence-electron chi connectivity index (χ2n) is 6.71. The highest BCUT2D eigenvalue weighted by molar-refractivity contribution is 5.71. The Bertz CT molecular complexity index is 879. The first-order chi connectivity index (χ1) is 12.6. The SMILES string of the molecule is CCCc1ccc(-c2ccc(-c3ccc(CCC)cc3F)c(F)c2)cc1. The minimum Gasteiger partial charge on any atom is -0.206 e. The molecule has 0 radical (unpaired) electrons. The predicted molar refractivity (Wildman–Crippen MR) is 105 cm³/mol. The maximum atomic E-state index is 14.7. The van der Waals surface area contributed by atoms with Gasteiger partial charge in [0.1, 0.15) is 11.6 Å². The molecule has 26 heavy (non-hydrogen) atoms. The average molecular weight is 350 g/mol. The van der Waals surface area contributed by atoms with Crippen molar-refractivity contribution in [2.75, 3.05) is 0 Å². The molecule has 0 amide bonds. The zero-order chi connectivity index (χ0) is 18.5. The second-order valence-corrected chi connectivity index (χ2v) is 6.71. The van der Waals surface area contributed by atoms with E-state index in [1.54, 1.807) is 12.1 Å². The monoisotopic (exact) mass is 350 g/mol. The summed E-state index contributed by atoms with van der Waals surface area (Å²) in [6.07, 6.45) is 3.93. The molecule has 0 unspecified atom stereocenters. The van der Waals surface area contributed by atoms with Gasteiger partial charge in [0.25, 0.3) is 0 Å². The summed E-state index contributed by atoms with van der Waals surface area (Å²) in [5.74, 6) is -0.770. The Kier molecular flexibility index (Phi) is 5.82. The quantitative estimate of drug-likeness (QED) is 0.441. The zero-order valence-corrected chi connectivity index (χ0v) is 15.4. The maximum Gasteiger partial charge on any atom is 0.131 e. The van der Waals surface area contributed by atoms with Crippen molar-refractivity contribution >= 4 is 0 Å². The van der Waals surface area contributed by atoms with Gasteiger partial charge in [-0.05, 0) is 47.2 Å². The summed E-state index contributed by atoms with van der Waals surface area (Å²) in [4.78, 5) is 0. The summed E-state index contributed by atoms with van der Waals surface area (Å²) in [5.41, 5.74) is 4.61. The maximum absolute atomic E-state index is 14.7. The van der Waals surface area contributed by atoms with Crippen LogP contribution in [0.2, 0.25) is 0 Å². The Labute approximate surface area is 154 Å². The van der Waals surface area contributed by atoms with Gasteiger partial charge in [-0.1, -0.05) is 75.2 Å². The fourth-order valence-corrected chi connectivity index (χ4v) is 3.29. The second kappa shape index (κ2) is 8.27. The molecule has 0 saturated carbocycles. The summed E-state index contributed by atoms with van der Waals surface area (Å²) in [6, 6.07) is 18.3. The molecule has 0 aliphatic carbocycles. The summed E-state index contributed by atoms with van der Waals surface area (Å²) >= 11 is 0. The fraction of sp³-hybridized carbons (Fsp3) is 0.250. The number of benzene rings is 3. The van der Waals surface area contributed by atoms with Crippen molar-refractivity contribution in [1.82, 2.24) is 0 Å². The molecule has 0 aliphatic rings. The van der Waals surface area contributed by atoms with Crippen molar-refractivity contribution in [2.24, 2.45) is 0 Å². The molecule has 3 rings (SSSR count). The van der Waals surface area contributed by atoms with Crippen LogP contribution in [0.3, 0.4) is 0 Å². The molecule has 0 fully saturated rings. The van der Waals surface area contributed by atoms with E-state index in [1.807, 2.05) is 24.3 Å². The predicted octanol–water partition coefficient (Wildman–Crippen LogP) is 7.20. The Balaban J connectivity index is 1.90. The van der Waals surface area contributed by atoms with E-state index in [0.717, 1.165) is 42.4 Å². The smallest absolute Gasteiger partial charge is 0.131 e. The summed E-state index contributed by atoms with van der Waals surface area (Å²) in [7, 11) is 0. The topological polar surface area (TPSA) is 0 Å². The highest BCUT2D eigenvalue weighted by Gasteiger charge is 2.12. The average Bonchev–Trinajstić information content (AvgIpc) is 2.64. The largest absolute Gasteiger partial charge is 0.206 e. The molecule has 0 nitrogen and oxygen atoms in total. The molecule has 0 spiro atoms. The zero-order valence-electron chi connectivity index (χ0n) is 15.4. The van der Waals surface area contributed by atoms with Crippen LogP contribution >= 0.6 is 0 Å². The van der Waals surface area contributed by atoms with E-state index in [0.29, 0.717) is 11.1 Å². The van der Waals surface area contributed by atoms with Crippen molar-refractivity contribution in [3.05, 3.63) is 83.4 Å². The molecule has 0 saturated heterocycles. The lowest BCUT2D eigenvalue weighted by Gasteiger charge is -2.10. The number of rotatable bonds is 6. The van der Waals surface area contributed by atoms with Gasteiger partial charge in [0.05, 0.1) is 0 Å². The normalized spacial score (nSPS) is 10.9. The third-order valence-corrected chi connectivity index (χ3v) is 4.66. The number of hydrogen-bond donors (Lipinski definition) is 0. The fourth-order valence-electron chi connectivity index (χ4n) is 3.29. The lowest BCUT2D eigenvalue weighted by Crippen LogP contribution is -1.92. The number of aryl methyl sites for hydroxylation is 2. The van der Waals surface area contributed by atoms with Crippen LogP contribution in [0.1, 0.15) is 37.8 Å². The first kappa shape index (κ1) is 18.3. The van der Waals surface area contributed by atoms with Crippen LogP contribution in [0.5, 0.6) is 0 Å². The third kappa shape index (κ3) is 4.01. The van der Waals surface area contributed by atoms with E-state index in [2.05, 4.69) is 26.0 Å². The van der Waals surface area contributed by atoms with Crippen molar-refractivity contribution in [1.29, 1.82) is 0 Å². The number of hydrogen-bond acceptors (Lipinski definition) is 0. The van der Waals surface area contributed by atoms with E-state index in [1.165, 1.54) is 17.7 Å². The lowest BCUT2D eigenvalue weighted by atomic mass is 9.97. The van der Waals surface area contributed by atoms with Gasteiger partial charge < -0.3 is 0 Å². The van der Waals surface area contributed by atoms with Crippen molar-refractivity contribution in [3.8, 4) is 22.3 Å². The molecule has 2 heteroatoms. The van der Waals surface area contributed by atoms with Gasteiger partial charge in [0, 0.05) is 11.1 Å². The van der Waals surface area contributed by atoms with Crippen LogP contribution in [0.25, 0.3) is 22.3 Å². The first-order valence-electron chi connectivity index (χ1n) is 9.30. The van der Waals surface area contributed by atoms with Crippen molar-refractivity contribution < 1.29 is 8.78 Å². The molecule has 0 bridgehead atoms. The van der Waals surface area contributed by atoms with Gasteiger partial charge in [0.2, 0.25) is 0 Å². The van der Waals surface area contributed by atoms with Crippen LogP contribution in [-0.2, 0) is 12.8 Å². The summed E-state index contributed by atoms with van der Waals surface area (Å²) < 4.78 is 29.1.